The highest BCUT2D eigenvalue weighted by atomic mass is 35.5. The average molecular weight is 321 g/mol. The van der Waals surface area contributed by atoms with Gasteiger partial charge in [-0.05, 0) is 30.7 Å². The number of rotatable bonds is 2. The molecule has 0 N–H and O–H groups in total. The van der Waals surface area contributed by atoms with Crippen LogP contribution in [0.3, 0.4) is 0 Å². The van der Waals surface area contributed by atoms with Gasteiger partial charge < -0.3 is 4.57 Å². The Morgan fingerprint density at radius 2 is 2.00 bits per heavy atom. The van der Waals surface area contributed by atoms with Gasteiger partial charge in [-0.3, -0.25) is 4.79 Å². The van der Waals surface area contributed by atoms with Crippen LogP contribution in [0.2, 0.25) is 5.15 Å². The van der Waals surface area contributed by atoms with Crippen molar-refractivity contribution in [2.45, 2.75) is 27.3 Å². The maximum Gasteiger partial charge on any atom is 0.235 e. The monoisotopic (exact) mass is 320 g/mol. The van der Waals surface area contributed by atoms with E-state index in [-0.39, 0.29) is 4.74 Å². The lowest BCUT2D eigenvalue weighted by Gasteiger charge is -2.15. The van der Waals surface area contributed by atoms with Crippen molar-refractivity contribution in [2.75, 3.05) is 0 Å². The molecule has 0 aliphatic carbocycles. The van der Waals surface area contributed by atoms with Gasteiger partial charge in [0.1, 0.15) is 5.15 Å². The van der Waals surface area contributed by atoms with Gasteiger partial charge >= 0.3 is 0 Å². The zero-order valence-electron chi connectivity index (χ0n) is 12.3. The number of pyridine rings is 2. The van der Waals surface area contributed by atoms with E-state index in [0.29, 0.717) is 11.7 Å². The number of aryl methyl sites for hydroxylation is 1. The molecular weight excluding hydrogens is 304 g/mol. The summed E-state index contributed by atoms with van der Waals surface area (Å²) in [5.41, 5.74) is 3.15. The van der Waals surface area contributed by atoms with Gasteiger partial charge in [-0.25, -0.2) is 4.98 Å². The van der Waals surface area contributed by atoms with Crippen LogP contribution in [0.4, 0.5) is 0 Å². The number of hydrogen-bond acceptors (Lipinski definition) is 3. The standard InChI is InChI=1S/C14H11ClN2OS.C2H6/c1-9-2-4-12-11(6-14(18)19-12)17(9)8-10-3-5-13(15)16-7-10;1-2/h2-7H,8H2,1H3;1-2H3. The highest BCUT2D eigenvalue weighted by Crippen LogP contribution is 2.26. The van der Waals surface area contributed by atoms with Gasteiger partial charge in [-0.15, -0.1) is 0 Å². The molecule has 2 aliphatic rings. The lowest BCUT2D eigenvalue weighted by molar-refractivity contribution is 0.766. The van der Waals surface area contributed by atoms with Crippen LogP contribution >= 0.6 is 22.9 Å². The molecule has 0 aromatic carbocycles. The van der Waals surface area contributed by atoms with Gasteiger partial charge in [0, 0.05) is 24.5 Å². The number of nitrogens with zero attached hydrogens (tertiary/aromatic N) is 2. The molecule has 3 heterocycles. The Bertz CT molecular complexity index is 746. The number of halogens is 1. The molecule has 0 fully saturated rings. The zero-order chi connectivity index (χ0) is 15.4. The maximum atomic E-state index is 11.5. The van der Waals surface area contributed by atoms with Crippen LogP contribution in [-0.4, -0.2) is 9.55 Å². The first-order valence-electron chi connectivity index (χ1n) is 6.84. The molecule has 1 aromatic rings. The van der Waals surface area contributed by atoms with Crippen LogP contribution in [0, 0.1) is 6.92 Å². The summed E-state index contributed by atoms with van der Waals surface area (Å²) in [4.78, 5) is 16.6. The van der Waals surface area contributed by atoms with Gasteiger partial charge in [0.2, 0.25) is 4.74 Å². The van der Waals surface area contributed by atoms with Crippen LogP contribution < -0.4 is 4.74 Å². The molecule has 0 amide bonds. The van der Waals surface area contributed by atoms with Crippen molar-refractivity contribution < 1.29 is 0 Å². The van der Waals surface area contributed by atoms with Crippen LogP contribution in [-0.2, 0) is 6.54 Å². The van der Waals surface area contributed by atoms with Crippen LogP contribution in [0.1, 0.15) is 25.1 Å². The molecule has 0 saturated carbocycles. The Labute approximate surface area is 133 Å². The van der Waals surface area contributed by atoms with Gasteiger partial charge in [0.25, 0.3) is 0 Å². The lowest BCUT2D eigenvalue weighted by Crippen LogP contribution is -2.07. The largest absolute Gasteiger partial charge is 0.340 e. The van der Waals surface area contributed by atoms with Crippen molar-refractivity contribution in [3.8, 4) is 10.6 Å². The molecule has 2 aliphatic heterocycles. The van der Waals surface area contributed by atoms with Crippen molar-refractivity contribution in [1.82, 2.24) is 9.55 Å². The van der Waals surface area contributed by atoms with Crippen molar-refractivity contribution >= 4 is 22.9 Å². The van der Waals surface area contributed by atoms with Crippen LogP contribution in [0.15, 0.2) is 41.3 Å². The molecule has 0 saturated heterocycles. The Hall–Kier alpha value is -1.65. The third-order valence-electron chi connectivity index (χ3n) is 3.04. The number of aromatic nitrogens is 2. The Kier molecular flexibility index (Phi) is 5.15. The first-order valence-corrected chi connectivity index (χ1v) is 8.03. The number of hydrogen-bond donors (Lipinski definition) is 0. The predicted molar refractivity (Wildman–Crippen MR) is 89.6 cm³/mol. The second-order valence-corrected chi connectivity index (χ2v) is 5.80. The van der Waals surface area contributed by atoms with Gasteiger partial charge in [-0.2, -0.15) is 0 Å². The summed E-state index contributed by atoms with van der Waals surface area (Å²) in [6.07, 6.45) is 1.76. The molecule has 0 bridgehead atoms. The Morgan fingerprint density at radius 1 is 1.24 bits per heavy atom. The van der Waals surface area contributed by atoms with Crippen LogP contribution in [0.25, 0.3) is 10.6 Å². The molecule has 1 aromatic heterocycles. The normalized spacial score (nSPS) is 10.3. The summed E-state index contributed by atoms with van der Waals surface area (Å²) in [6, 6.07) is 9.44. The van der Waals surface area contributed by atoms with E-state index in [9.17, 15) is 4.79 Å². The molecule has 110 valence electrons. The molecule has 21 heavy (non-hydrogen) atoms. The summed E-state index contributed by atoms with van der Waals surface area (Å²) >= 11 is 7.06. The molecule has 5 heteroatoms. The summed E-state index contributed by atoms with van der Waals surface area (Å²) in [5.74, 6) is 0. The fourth-order valence-electron chi connectivity index (χ4n) is 2.07. The van der Waals surface area contributed by atoms with Gasteiger partial charge in [-0.1, -0.05) is 42.9 Å². The van der Waals surface area contributed by atoms with E-state index in [2.05, 4.69) is 9.55 Å². The van der Waals surface area contributed by atoms with E-state index < -0.39 is 0 Å². The highest BCUT2D eigenvalue weighted by molar-refractivity contribution is 7.13. The topological polar surface area (TPSA) is 34.9 Å². The molecule has 3 rings (SSSR count). The van der Waals surface area contributed by atoms with E-state index in [1.807, 2.05) is 39.0 Å². The SMILES string of the molecule is CC.Cc1ccc2sc(=O)cc-2n1Cc1ccc(Cl)nc1. The summed E-state index contributed by atoms with van der Waals surface area (Å²) in [7, 11) is 0. The molecule has 0 spiro atoms. The minimum absolute atomic E-state index is 0.0866. The van der Waals surface area contributed by atoms with Gasteiger partial charge in [0.05, 0.1) is 10.6 Å². The highest BCUT2D eigenvalue weighted by Gasteiger charge is 2.12. The fraction of sp³-hybridized carbons (Fsp3) is 0.250. The van der Waals surface area contributed by atoms with Crippen molar-refractivity contribution in [2.24, 2.45) is 0 Å². The maximum absolute atomic E-state index is 11.5. The predicted octanol–water partition coefficient (Wildman–Crippen LogP) is 4.45. The van der Waals surface area contributed by atoms with Crippen molar-refractivity contribution in [3.63, 3.8) is 0 Å². The minimum Gasteiger partial charge on any atom is -0.340 e. The Balaban J connectivity index is 0.000000774. The number of thiophene rings is 1. The average Bonchev–Trinajstić information content (AvgIpc) is 2.87. The van der Waals surface area contributed by atoms with E-state index >= 15 is 0 Å². The zero-order valence-corrected chi connectivity index (χ0v) is 13.8. The third kappa shape index (κ3) is 3.52. The molecule has 0 radical (unpaired) electrons. The molecule has 3 nitrogen and oxygen atoms in total. The second-order valence-electron chi connectivity index (χ2n) is 4.36. The van der Waals surface area contributed by atoms with Crippen molar-refractivity contribution in [1.29, 1.82) is 0 Å². The van der Waals surface area contributed by atoms with E-state index in [4.69, 9.17) is 11.6 Å². The van der Waals surface area contributed by atoms with E-state index in [0.717, 1.165) is 21.8 Å². The first-order chi connectivity index (χ1) is 10.1. The van der Waals surface area contributed by atoms with E-state index in [1.54, 1.807) is 18.3 Å². The smallest absolute Gasteiger partial charge is 0.235 e. The summed E-state index contributed by atoms with van der Waals surface area (Å²) in [6.45, 7) is 6.72. The molecule has 0 atom stereocenters. The summed E-state index contributed by atoms with van der Waals surface area (Å²) in [5, 5.41) is 0.487. The minimum atomic E-state index is 0.0866. The van der Waals surface area contributed by atoms with Crippen molar-refractivity contribution in [3.05, 3.63) is 62.5 Å². The fourth-order valence-corrected chi connectivity index (χ4v) is 2.98. The third-order valence-corrected chi connectivity index (χ3v) is 4.15. The quantitative estimate of drug-likeness (QED) is 0.654. The van der Waals surface area contributed by atoms with Crippen LogP contribution in [0.5, 0.6) is 0 Å². The molecular formula is C16H17ClN2OS. The second kappa shape index (κ2) is 6.87. The number of fused-ring (bicyclic) bond motifs is 1. The first kappa shape index (κ1) is 15.7. The summed E-state index contributed by atoms with van der Waals surface area (Å²) < 4.78 is 2.21. The Morgan fingerprint density at radius 3 is 2.67 bits per heavy atom. The van der Waals surface area contributed by atoms with Gasteiger partial charge in [0.15, 0.2) is 0 Å². The molecule has 0 unspecified atom stereocenters. The lowest BCUT2D eigenvalue weighted by atomic mass is 10.2. The van der Waals surface area contributed by atoms with E-state index in [1.165, 1.54) is 11.3 Å².